The molecule has 0 fully saturated rings. The highest BCUT2D eigenvalue weighted by atomic mass is 16.5. The first kappa shape index (κ1) is 17.7. The Bertz CT molecular complexity index is 827. The molecule has 5 nitrogen and oxygen atoms in total. The molecule has 26 heavy (non-hydrogen) atoms. The van der Waals surface area contributed by atoms with Gasteiger partial charge in [0, 0.05) is 25.4 Å². The van der Waals surface area contributed by atoms with E-state index >= 15 is 0 Å². The van der Waals surface area contributed by atoms with Crippen LogP contribution in [0.25, 0.3) is 5.69 Å². The lowest BCUT2D eigenvalue weighted by Gasteiger charge is -2.07. The molecule has 0 saturated carbocycles. The number of hydrogen-bond donors (Lipinski definition) is 1. The Kier molecular flexibility index (Phi) is 6.04. The molecule has 1 aromatic heterocycles. The summed E-state index contributed by atoms with van der Waals surface area (Å²) in [6, 6.07) is 17.9. The number of carbonyl (C=O) groups is 1. The van der Waals surface area contributed by atoms with Gasteiger partial charge in [0.15, 0.2) is 0 Å². The number of nitrogens with zero attached hydrogens (tertiary/aromatic N) is 2. The number of benzene rings is 2. The Morgan fingerprint density at radius 1 is 1.08 bits per heavy atom. The molecule has 1 amide bonds. The van der Waals surface area contributed by atoms with Crippen LogP contribution < -0.4 is 10.1 Å². The Morgan fingerprint density at radius 3 is 2.65 bits per heavy atom. The van der Waals surface area contributed by atoms with Crippen LogP contribution in [0.2, 0.25) is 0 Å². The first-order valence-electron chi connectivity index (χ1n) is 8.73. The Hall–Kier alpha value is -3.08. The minimum absolute atomic E-state index is 0.0704. The predicted octanol–water partition coefficient (Wildman–Crippen LogP) is 3.17. The van der Waals surface area contributed by atoms with Crippen LogP contribution in [0.3, 0.4) is 0 Å². The summed E-state index contributed by atoms with van der Waals surface area (Å²) in [7, 11) is 1.65. The number of aryl methyl sites for hydroxylation is 1. The lowest BCUT2D eigenvalue weighted by Crippen LogP contribution is -2.25. The van der Waals surface area contributed by atoms with E-state index < -0.39 is 0 Å². The van der Waals surface area contributed by atoms with Gasteiger partial charge in [0.1, 0.15) is 5.75 Å². The summed E-state index contributed by atoms with van der Waals surface area (Å²) < 4.78 is 7.03. The van der Waals surface area contributed by atoms with Gasteiger partial charge in [-0.3, -0.25) is 4.79 Å². The predicted molar refractivity (Wildman–Crippen MR) is 102 cm³/mol. The van der Waals surface area contributed by atoms with Gasteiger partial charge in [-0.15, -0.1) is 0 Å². The molecule has 3 aromatic rings. The smallest absolute Gasteiger partial charge is 0.220 e. The fourth-order valence-corrected chi connectivity index (χ4v) is 2.76. The Labute approximate surface area is 153 Å². The van der Waals surface area contributed by atoms with Gasteiger partial charge in [0.25, 0.3) is 0 Å². The molecule has 5 heteroatoms. The summed E-state index contributed by atoms with van der Waals surface area (Å²) in [5.41, 5.74) is 3.32. The summed E-state index contributed by atoms with van der Waals surface area (Å²) >= 11 is 0. The van der Waals surface area contributed by atoms with E-state index in [0.717, 1.165) is 23.4 Å². The van der Waals surface area contributed by atoms with Gasteiger partial charge < -0.3 is 10.1 Å². The molecule has 0 aliphatic carbocycles. The quantitative estimate of drug-likeness (QED) is 0.680. The number of carbonyl (C=O) groups excluding carboxylic acids is 1. The fraction of sp³-hybridized carbons (Fsp3) is 0.238. The van der Waals surface area contributed by atoms with Gasteiger partial charge in [-0.25, -0.2) is 4.68 Å². The van der Waals surface area contributed by atoms with Crippen molar-refractivity contribution < 1.29 is 9.53 Å². The average molecular weight is 349 g/mol. The van der Waals surface area contributed by atoms with Crippen molar-refractivity contribution in [1.82, 2.24) is 15.1 Å². The molecule has 0 saturated heterocycles. The number of hydrogen-bond acceptors (Lipinski definition) is 3. The van der Waals surface area contributed by atoms with Crippen molar-refractivity contribution in [2.45, 2.75) is 19.3 Å². The molecular formula is C21H23N3O2. The number of ether oxygens (including phenoxy) is 1. The zero-order valence-corrected chi connectivity index (χ0v) is 14.9. The van der Waals surface area contributed by atoms with Gasteiger partial charge in [0.05, 0.1) is 12.8 Å². The SMILES string of the molecule is COc1cccc(CCC(=O)NCCc2ccc(-n3cccn3)cc2)c1. The molecule has 0 spiro atoms. The van der Waals surface area contributed by atoms with Crippen molar-refractivity contribution in [1.29, 1.82) is 0 Å². The molecule has 134 valence electrons. The molecule has 0 unspecified atom stereocenters. The molecule has 0 radical (unpaired) electrons. The van der Waals surface area contributed by atoms with Gasteiger partial charge in [-0.1, -0.05) is 24.3 Å². The van der Waals surface area contributed by atoms with Crippen LogP contribution in [0.1, 0.15) is 17.5 Å². The Morgan fingerprint density at radius 2 is 1.92 bits per heavy atom. The van der Waals surface area contributed by atoms with Crippen molar-refractivity contribution in [3.63, 3.8) is 0 Å². The molecule has 0 atom stereocenters. The highest BCUT2D eigenvalue weighted by Gasteiger charge is 2.04. The summed E-state index contributed by atoms with van der Waals surface area (Å²) in [4.78, 5) is 12.0. The van der Waals surface area contributed by atoms with Gasteiger partial charge in [-0.05, 0) is 54.3 Å². The number of nitrogens with one attached hydrogen (secondary N) is 1. The second-order valence-corrected chi connectivity index (χ2v) is 6.07. The topological polar surface area (TPSA) is 56.1 Å². The third-order valence-corrected chi connectivity index (χ3v) is 4.22. The van der Waals surface area contributed by atoms with Crippen LogP contribution in [0, 0.1) is 0 Å². The summed E-state index contributed by atoms with van der Waals surface area (Å²) in [6.07, 6.45) is 5.67. The minimum atomic E-state index is 0.0704. The van der Waals surface area contributed by atoms with Crippen LogP contribution in [-0.2, 0) is 17.6 Å². The zero-order valence-electron chi connectivity index (χ0n) is 14.9. The maximum atomic E-state index is 12.0. The van der Waals surface area contributed by atoms with E-state index in [1.165, 1.54) is 5.56 Å². The number of rotatable bonds is 8. The van der Waals surface area contributed by atoms with E-state index in [9.17, 15) is 4.79 Å². The van der Waals surface area contributed by atoms with Gasteiger partial charge in [0.2, 0.25) is 5.91 Å². The molecule has 0 aliphatic heterocycles. The summed E-state index contributed by atoms with van der Waals surface area (Å²) in [5.74, 6) is 0.891. The second kappa shape index (κ2) is 8.85. The monoisotopic (exact) mass is 349 g/mol. The van der Waals surface area contributed by atoms with Gasteiger partial charge in [-0.2, -0.15) is 5.10 Å². The van der Waals surface area contributed by atoms with Crippen molar-refractivity contribution in [3.8, 4) is 11.4 Å². The molecule has 0 aliphatic rings. The van der Waals surface area contributed by atoms with E-state index in [4.69, 9.17) is 4.74 Å². The molecule has 2 aromatic carbocycles. The molecular weight excluding hydrogens is 326 g/mol. The first-order valence-corrected chi connectivity index (χ1v) is 8.73. The Balaban J connectivity index is 1.40. The number of methoxy groups -OCH3 is 1. The van der Waals surface area contributed by atoms with Crippen LogP contribution in [-0.4, -0.2) is 29.3 Å². The average Bonchev–Trinajstić information content (AvgIpc) is 3.22. The largest absolute Gasteiger partial charge is 0.497 e. The van der Waals surface area contributed by atoms with Gasteiger partial charge >= 0.3 is 0 Å². The maximum Gasteiger partial charge on any atom is 0.220 e. The third-order valence-electron chi connectivity index (χ3n) is 4.22. The van der Waals surface area contributed by atoms with E-state index in [2.05, 4.69) is 22.5 Å². The van der Waals surface area contributed by atoms with E-state index in [-0.39, 0.29) is 5.91 Å². The van der Waals surface area contributed by atoms with Crippen LogP contribution >= 0.6 is 0 Å². The fourth-order valence-electron chi connectivity index (χ4n) is 2.76. The van der Waals surface area contributed by atoms with Crippen LogP contribution in [0.5, 0.6) is 5.75 Å². The lowest BCUT2D eigenvalue weighted by molar-refractivity contribution is -0.121. The highest BCUT2D eigenvalue weighted by Crippen LogP contribution is 2.14. The normalized spacial score (nSPS) is 10.5. The molecule has 3 rings (SSSR count). The lowest BCUT2D eigenvalue weighted by atomic mass is 10.1. The molecule has 1 heterocycles. The molecule has 1 N–H and O–H groups in total. The van der Waals surface area contributed by atoms with Crippen molar-refractivity contribution in [2.24, 2.45) is 0 Å². The van der Waals surface area contributed by atoms with E-state index in [1.807, 2.05) is 53.3 Å². The summed E-state index contributed by atoms with van der Waals surface area (Å²) in [5, 5.41) is 7.19. The zero-order chi connectivity index (χ0) is 18.2. The number of aromatic nitrogens is 2. The van der Waals surface area contributed by atoms with Crippen LogP contribution in [0.15, 0.2) is 67.0 Å². The van der Waals surface area contributed by atoms with Crippen molar-refractivity contribution in [2.75, 3.05) is 13.7 Å². The standard InChI is InChI=1S/C21H23N3O2/c1-26-20-5-2-4-18(16-20)8-11-21(25)22-14-12-17-6-9-19(10-7-17)24-15-3-13-23-24/h2-7,9-10,13,15-16H,8,11-12,14H2,1H3,(H,22,25). The highest BCUT2D eigenvalue weighted by molar-refractivity contribution is 5.76. The third kappa shape index (κ3) is 4.96. The van der Waals surface area contributed by atoms with E-state index in [0.29, 0.717) is 19.4 Å². The van der Waals surface area contributed by atoms with Crippen molar-refractivity contribution in [3.05, 3.63) is 78.1 Å². The first-order chi connectivity index (χ1) is 12.7. The van der Waals surface area contributed by atoms with E-state index in [1.54, 1.807) is 13.3 Å². The van der Waals surface area contributed by atoms with Crippen LogP contribution in [0.4, 0.5) is 0 Å². The second-order valence-electron chi connectivity index (χ2n) is 6.07. The number of amides is 1. The maximum absolute atomic E-state index is 12.0. The summed E-state index contributed by atoms with van der Waals surface area (Å²) in [6.45, 7) is 0.637. The molecule has 0 bridgehead atoms. The minimum Gasteiger partial charge on any atom is -0.497 e. The van der Waals surface area contributed by atoms with Crippen molar-refractivity contribution >= 4 is 5.91 Å².